The second kappa shape index (κ2) is 8.11. The maximum atomic E-state index is 11.5. The number of hydrogen-bond donors (Lipinski definition) is 2. The number of hydrogen-bond acceptors (Lipinski definition) is 6. The van der Waals surface area contributed by atoms with E-state index in [0.29, 0.717) is 6.54 Å². The van der Waals surface area contributed by atoms with Gasteiger partial charge < -0.3 is 24.8 Å². The first-order valence-electron chi connectivity index (χ1n) is 6.39. The number of phenols is 1. The lowest BCUT2D eigenvalue weighted by molar-refractivity contribution is -0.123. The Morgan fingerprint density at radius 1 is 1.29 bits per heavy atom. The number of benzene rings is 1. The highest BCUT2D eigenvalue weighted by atomic mass is 16.5. The van der Waals surface area contributed by atoms with Crippen LogP contribution in [-0.4, -0.2) is 62.8 Å². The van der Waals surface area contributed by atoms with E-state index in [9.17, 15) is 14.7 Å². The van der Waals surface area contributed by atoms with Crippen molar-refractivity contribution < 1.29 is 24.2 Å². The lowest BCUT2D eigenvalue weighted by Gasteiger charge is -2.11. The molecule has 0 aliphatic carbocycles. The molecule has 0 saturated heterocycles. The minimum Gasteiger partial charge on any atom is -0.508 e. The molecule has 0 fully saturated rings. The molecule has 0 aromatic heterocycles. The van der Waals surface area contributed by atoms with Crippen LogP contribution in [0.25, 0.3) is 0 Å². The van der Waals surface area contributed by atoms with Crippen molar-refractivity contribution in [2.75, 3.05) is 40.9 Å². The average Bonchev–Trinajstić information content (AvgIpc) is 2.43. The molecule has 0 atom stereocenters. The molecule has 7 heteroatoms. The van der Waals surface area contributed by atoms with Crippen molar-refractivity contribution in [3.8, 4) is 11.5 Å². The predicted octanol–water partition coefficient (Wildman–Crippen LogP) is 0.235. The van der Waals surface area contributed by atoms with E-state index in [1.165, 1.54) is 25.3 Å². The van der Waals surface area contributed by atoms with Crippen molar-refractivity contribution >= 4 is 11.9 Å². The normalized spacial score (nSPS) is 10.3. The van der Waals surface area contributed by atoms with Gasteiger partial charge in [0.1, 0.15) is 11.5 Å². The number of methoxy groups -OCH3 is 1. The molecule has 0 aliphatic rings. The number of esters is 1. The van der Waals surface area contributed by atoms with Crippen molar-refractivity contribution in [2.45, 2.75) is 0 Å². The number of nitrogens with zero attached hydrogens (tertiary/aromatic N) is 1. The fourth-order valence-corrected chi connectivity index (χ4v) is 1.52. The zero-order valence-corrected chi connectivity index (χ0v) is 12.4. The van der Waals surface area contributed by atoms with E-state index in [4.69, 9.17) is 4.74 Å². The van der Waals surface area contributed by atoms with Crippen LogP contribution in [0.15, 0.2) is 18.2 Å². The van der Waals surface area contributed by atoms with E-state index in [1.807, 2.05) is 19.0 Å². The molecule has 21 heavy (non-hydrogen) atoms. The monoisotopic (exact) mass is 296 g/mol. The van der Waals surface area contributed by atoms with Crippen LogP contribution in [-0.2, 0) is 9.53 Å². The Kier molecular flexibility index (Phi) is 6.48. The Morgan fingerprint density at radius 2 is 2.00 bits per heavy atom. The Morgan fingerprint density at radius 3 is 2.62 bits per heavy atom. The van der Waals surface area contributed by atoms with Crippen molar-refractivity contribution in [3.05, 3.63) is 23.8 Å². The predicted molar refractivity (Wildman–Crippen MR) is 76.5 cm³/mol. The number of carbonyl (C=O) groups is 2. The Bertz CT molecular complexity index is 502. The molecule has 1 aromatic rings. The molecule has 0 unspecified atom stereocenters. The summed E-state index contributed by atoms with van der Waals surface area (Å²) in [6.45, 7) is 1.05. The minimum atomic E-state index is -0.591. The fourth-order valence-electron chi connectivity index (χ4n) is 1.52. The first-order chi connectivity index (χ1) is 9.92. The van der Waals surface area contributed by atoms with Crippen LogP contribution in [0.1, 0.15) is 10.4 Å². The van der Waals surface area contributed by atoms with E-state index >= 15 is 0 Å². The summed E-state index contributed by atoms with van der Waals surface area (Å²) in [7, 11) is 5.05. The summed E-state index contributed by atoms with van der Waals surface area (Å²) < 4.78 is 9.81. The molecular weight excluding hydrogens is 276 g/mol. The van der Waals surface area contributed by atoms with E-state index in [-0.39, 0.29) is 29.6 Å². The SMILES string of the molecule is COC(=O)c1cc(O)cc(OCC(=O)NCCN(C)C)c1. The van der Waals surface area contributed by atoms with E-state index in [2.05, 4.69) is 10.1 Å². The third-order valence-corrected chi connectivity index (χ3v) is 2.56. The third-order valence-electron chi connectivity index (χ3n) is 2.56. The molecule has 0 saturated carbocycles. The van der Waals surface area contributed by atoms with Gasteiger partial charge in [-0.3, -0.25) is 4.79 Å². The second-order valence-corrected chi connectivity index (χ2v) is 4.65. The van der Waals surface area contributed by atoms with Gasteiger partial charge in [-0.05, 0) is 26.2 Å². The lowest BCUT2D eigenvalue weighted by Crippen LogP contribution is -2.34. The molecule has 0 radical (unpaired) electrons. The number of phenolic OH excluding ortho intramolecular Hbond substituents is 1. The van der Waals surface area contributed by atoms with E-state index in [0.717, 1.165) is 6.54 Å². The molecule has 1 amide bonds. The first-order valence-corrected chi connectivity index (χ1v) is 6.39. The first kappa shape index (κ1) is 16.8. The second-order valence-electron chi connectivity index (χ2n) is 4.65. The van der Waals surface area contributed by atoms with Gasteiger partial charge in [-0.2, -0.15) is 0 Å². The zero-order chi connectivity index (χ0) is 15.8. The minimum absolute atomic E-state index is 0.138. The molecule has 0 spiro atoms. The molecule has 0 aliphatic heterocycles. The quantitative estimate of drug-likeness (QED) is 0.701. The number of nitrogens with one attached hydrogen (secondary N) is 1. The zero-order valence-electron chi connectivity index (χ0n) is 12.4. The number of rotatable bonds is 7. The highest BCUT2D eigenvalue weighted by molar-refractivity contribution is 5.90. The Hall–Kier alpha value is -2.28. The van der Waals surface area contributed by atoms with Crippen LogP contribution in [0.5, 0.6) is 11.5 Å². The average molecular weight is 296 g/mol. The summed E-state index contributed by atoms with van der Waals surface area (Å²) in [6.07, 6.45) is 0. The maximum Gasteiger partial charge on any atom is 0.338 e. The molecule has 1 rings (SSSR count). The Labute approximate surface area is 123 Å². The summed E-state index contributed by atoms with van der Waals surface area (Å²) >= 11 is 0. The molecule has 2 N–H and O–H groups in total. The molecular formula is C14H20N2O5. The van der Waals surface area contributed by atoms with Crippen LogP contribution >= 0.6 is 0 Å². The van der Waals surface area contributed by atoms with Gasteiger partial charge in [0.2, 0.25) is 0 Å². The molecule has 1 aromatic carbocycles. The van der Waals surface area contributed by atoms with Gasteiger partial charge >= 0.3 is 5.97 Å². The number of carbonyl (C=O) groups excluding carboxylic acids is 2. The van der Waals surface area contributed by atoms with Crippen LogP contribution in [0.4, 0.5) is 0 Å². The number of amides is 1. The van der Waals surface area contributed by atoms with Crippen LogP contribution in [0, 0.1) is 0 Å². The van der Waals surface area contributed by atoms with E-state index < -0.39 is 5.97 Å². The van der Waals surface area contributed by atoms with Gasteiger partial charge in [-0.15, -0.1) is 0 Å². The van der Waals surface area contributed by atoms with Gasteiger partial charge in [-0.25, -0.2) is 4.79 Å². The standard InChI is InChI=1S/C14H20N2O5/c1-16(2)5-4-15-13(18)9-21-12-7-10(14(19)20-3)6-11(17)8-12/h6-8,17H,4-5,9H2,1-3H3,(H,15,18). The maximum absolute atomic E-state index is 11.5. The van der Waals surface area contributed by atoms with Crippen molar-refractivity contribution in [1.82, 2.24) is 10.2 Å². The summed E-state index contributed by atoms with van der Waals surface area (Å²) in [4.78, 5) is 24.9. The van der Waals surface area contributed by atoms with Crippen molar-refractivity contribution in [2.24, 2.45) is 0 Å². The van der Waals surface area contributed by atoms with Gasteiger partial charge in [0, 0.05) is 19.2 Å². The highest BCUT2D eigenvalue weighted by Crippen LogP contribution is 2.22. The topological polar surface area (TPSA) is 88.1 Å². The lowest BCUT2D eigenvalue weighted by atomic mass is 10.2. The third kappa shape index (κ3) is 6.13. The largest absolute Gasteiger partial charge is 0.508 e. The molecule has 0 heterocycles. The van der Waals surface area contributed by atoms with Gasteiger partial charge in [0.15, 0.2) is 6.61 Å². The summed E-state index contributed by atoms with van der Waals surface area (Å²) in [5.74, 6) is -0.787. The van der Waals surface area contributed by atoms with Crippen LogP contribution < -0.4 is 10.1 Å². The van der Waals surface area contributed by atoms with E-state index in [1.54, 1.807) is 0 Å². The molecule has 7 nitrogen and oxygen atoms in total. The van der Waals surface area contributed by atoms with Crippen LogP contribution in [0.3, 0.4) is 0 Å². The van der Waals surface area contributed by atoms with Gasteiger partial charge in [-0.1, -0.05) is 0 Å². The molecule has 0 bridgehead atoms. The van der Waals surface area contributed by atoms with Crippen molar-refractivity contribution in [3.63, 3.8) is 0 Å². The van der Waals surface area contributed by atoms with Gasteiger partial charge in [0.25, 0.3) is 5.91 Å². The molecule has 116 valence electrons. The smallest absolute Gasteiger partial charge is 0.338 e. The van der Waals surface area contributed by atoms with Crippen LogP contribution in [0.2, 0.25) is 0 Å². The van der Waals surface area contributed by atoms with Gasteiger partial charge in [0.05, 0.1) is 12.7 Å². The number of likely N-dealkylation sites (N-methyl/N-ethyl adjacent to an activating group) is 1. The number of ether oxygens (including phenoxy) is 2. The number of aromatic hydroxyl groups is 1. The van der Waals surface area contributed by atoms with Crippen molar-refractivity contribution in [1.29, 1.82) is 0 Å². The summed E-state index contributed by atoms with van der Waals surface area (Å²) in [5, 5.41) is 12.2. The summed E-state index contributed by atoms with van der Waals surface area (Å²) in [5.41, 5.74) is 0.153. The summed E-state index contributed by atoms with van der Waals surface area (Å²) in [6, 6.07) is 3.98. The highest BCUT2D eigenvalue weighted by Gasteiger charge is 2.10. The fraction of sp³-hybridized carbons (Fsp3) is 0.429. The Balaban J connectivity index is 2.53.